The van der Waals surface area contributed by atoms with E-state index in [1.54, 1.807) is 10.9 Å². The molecule has 124 valence electrons. The average Bonchev–Trinajstić information content (AvgIpc) is 3.00. The minimum Gasteiger partial charge on any atom is -0.444 e. The Morgan fingerprint density at radius 3 is 2.86 bits per heavy atom. The Balaban J connectivity index is 1.76. The van der Waals surface area contributed by atoms with Crippen LogP contribution in [-0.4, -0.2) is 39.3 Å². The number of nitrogens with zero attached hydrogens (tertiary/aromatic N) is 3. The zero-order chi connectivity index (χ0) is 16.2. The number of hydrogen-bond donors (Lipinski definition) is 2. The summed E-state index contributed by atoms with van der Waals surface area (Å²) in [5.41, 5.74) is 0.606. The van der Waals surface area contributed by atoms with Crippen LogP contribution < -0.4 is 10.6 Å². The fraction of sp³-hybridized carbons (Fsp3) is 0.800. The number of aryl methyl sites for hydroxylation is 1. The Hall–Kier alpha value is -1.63. The van der Waals surface area contributed by atoms with Crippen molar-refractivity contribution in [2.75, 3.05) is 6.54 Å². The van der Waals surface area contributed by atoms with Crippen molar-refractivity contribution in [3.8, 4) is 0 Å². The predicted octanol–water partition coefficient (Wildman–Crippen LogP) is 1.60. The molecule has 0 radical (unpaired) electrons. The molecule has 7 heteroatoms. The van der Waals surface area contributed by atoms with Gasteiger partial charge in [-0.05, 0) is 39.5 Å². The van der Waals surface area contributed by atoms with Gasteiger partial charge in [-0.15, -0.1) is 5.10 Å². The van der Waals surface area contributed by atoms with E-state index in [4.69, 9.17) is 4.74 Å². The standard InChI is InChI=1S/C15H27N5O2/c1-15(2,3)22-14(21)17-8-11-6-5-7-13(11)16-9-12-10-18-19-20(12)4/h10-11,13,16H,5-9H2,1-4H3,(H,17,21). The minimum absolute atomic E-state index is 0.339. The number of rotatable bonds is 5. The van der Waals surface area contributed by atoms with E-state index in [-0.39, 0.29) is 6.09 Å². The highest BCUT2D eigenvalue weighted by Gasteiger charge is 2.28. The molecule has 1 heterocycles. The second kappa shape index (κ2) is 7.09. The van der Waals surface area contributed by atoms with Crippen LogP contribution in [-0.2, 0) is 18.3 Å². The Kier molecular flexibility index (Phi) is 5.39. The van der Waals surface area contributed by atoms with Crippen LogP contribution in [0.25, 0.3) is 0 Å². The van der Waals surface area contributed by atoms with Crippen molar-refractivity contribution in [3.05, 3.63) is 11.9 Å². The van der Waals surface area contributed by atoms with Crippen LogP contribution in [0.3, 0.4) is 0 Å². The van der Waals surface area contributed by atoms with Crippen LogP contribution >= 0.6 is 0 Å². The van der Waals surface area contributed by atoms with Gasteiger partial charge in [0.15, 0.2) is 0 Å². The zero-order valence-electron chi connectivity index (χ0n) is 13.9. The number of amides is 1. The lowest BCUT2D eigenvalue weighted by atomic mass is 10.0. The molecule has 0 saturated heterocycles. The van der Waals surface area contributed by atoms with Gasteiger partial charge in [-0.2, -0.15) is 0 Å². The first-order valence-corrected chi connectivity index (χ1v) is 7.89. The maximum absolute atomic E-state index is 11.7. The lowest BCUT2D eigenvalue weighted by molar-refractivity contribution is 0.0517. The van der Waals surface area contributed by atoms with Gasteiger partial charge >= 0.3 is 6.09 Å². The number of ether oxygens (including phenoxy) is 1. The number of hydrogen-bond acceptors (Lipinski definition) is 5. The summed E-state index contributed by atoms with van der Waals surface area (Å²) in [4.78, 5) is 11.7. The van der Waals surface area contributed by atoms with E-state index in [0.717, 1.165) is 25.1 Å². The molecule has 22 heavy (non-hydrogen) atoms. The molecule has 1 aromatic heterocycles. The summed E-state index contributed by atoms with van der Waals surface area (Å²) in [7, 11) is 1.89. The Bertz CT molecular complexity index is 494. The van der Waals surface area contributed by atoms with E-state index in [0.29, 0.717) is 18.5 Å². The third kappa shape index (κ3) is 4.98. The van der Waals surface area contributed by atoms with Gasteiger partial charge in [0.25, 0.3) is 0 Å². The van der Waals surface area contributed by atoms with Gasteiger partial charge in [0, 0.05) is 26.2 Å². The summed E-state index contributed by atoms with van der Waals surface area (Å²) in [5.74, 6) is 0.439. The summed E-state index contributed by atoms with van der Waals surface area (Å²) in [5, 5.41) is 14.2. The van der Waals surface area contributed by atoms with Gasteiger partial charge in [-0.25, -0.2) is 4.79 Å². The van der Waals surface area contributed by atoms with Crippen LogP contribution in [0.4, 0.5) is 4.79 Å². The van der Waals surface area contributed by atoms with Crippen molar-refractivity contribution >= 4 is 6.09 Å². The monoisotopic (exact) mass is 309 g/mol. The largest absolute Gasteiger partial charge is 0.444 e. The number of carbonyl (C=O) groups excluding carboxylic acids is 1. The lowest BCUT2D eigenvalue weighted by Crippen LogP contribution is -2.41. The molecule has 7 nitrogen and oxygen atoms in total. The number of nitrogens with one attached hydrogen (secondary N) is 2. The quantitative estimate of drug-likeness (QED) is 0.863. The minimum atomic E-state index is -0.454. The third-order valence-electron chi connectivity index (χ3n) is 3.92. The van der Waals surface area contributed by atoms with Crippen molar-refractivity contribution < 1.29 is 9.53 Å². The summed E-state index contributed by atoms with van der Waals surface area (Å²) in [6, 6.07) is 0.407. The molecule has 0 bridgehead atoms. The fourth-order valence-electron chi connectivity index (χ4n) is 2.79. The summed E-state index contributed by atoms with van der Waals surface area (Å²) in [6.07, 6.45) is 4.87. The van der Waals surface area contributed by atoms with Crippen molar-refractivity contribution in [2.45, 2.75) is 58.2 Å². The molecule has 2 N–H and O–H groups in total. The smallest absolute Gasteiger partial charge is 0.407 e. The Morgan fingerprint density at radius 2 is 2.23 bits per heavy atom. The average molecular weight is 309 g/mol. The second-order valence-corrected chi connectivity index (χ2v) is 6.91. The van der Waals surface area contributed by atoms with E-state index in [2.05, 4.69) is 20.9 Å². The Morgan fingerprint density at radius 1 is 1.45 bits per heavy atom. The van der Waals surface area contributed by atoms with E-state index < -0.39 is 5.60 Å². The van der Waals surface area contributed by atoms with Crippen LogP contribution in [0.5, 0.6) is 0 Å². The van der Waals surface area contributed by atoms with E-state index in [9.17, 15) is 4.79 Å². The zero-order valence-corrected chi connectivity index (χ0v) is 13.9. The predicted molar refractivity (Wildman–Crippen MR) is 83.2 cm³/mol. The maximum Gasteiger partial charge on any atom is 0.407 e. The number of alkyl carbamates (subject to hydrolysis) is 1. The molecule has 0 aliphatic heterocycles. The molecule has 2 rings (SSSR count). The first-order valence-electron chi connectivity index (χ1n) is 7.89. The summed E-state index contributed by atoms with van der Waals surface area (Å²) in [6.45, 7) is 7.00. The SMILES string of the molecule is Cn1nncc1CNC1CCCC1CNC(=O)OC(C)(C)C. The molecule has 2 atom stereocenters. The van der Waals surface area contributed by atoms with Crippen molar-refractivity contribution in [1.29, 1.82) is 0 Å². The number of aromatic nitrogens is 3. The van der Waals surface area contributed by atoms with Gasteiger partial charge in [0.05, 0.1) is 11.9 Å². The Labute approximate surface area is 131 Å². The van der Waals surface area contributed by atoms with E-state index in [1.165, 1.54) is 6.42 Å². The van der Waals surface area contributed by atoms with Crippen LogP contribution in [0.2, 0.25) is 0 Å². The third-order valence-corrected chi connectivity index (χ3v) is 3.92. The molecule has 0 spiro atoms. The summed E-state index contributed by atoms with van der Waals surface area (Å²) >= 11 is 0. The number of carbonyl (C=O) groups is 1. The van der Waals surface area contributed by atoms with Gasteiger partial charge in [0.2, 0.25) is 0 Å². The normalized spacial score (nSPS) is 21.8. The van der Waals surface area contributed by atoms with Gasteiger partial charge in [0.1, 0.15) is 5.60 Å². The van der Waals surface area contributed by atoms with Crippen LogP contribution in [0.15, 0.2) is 6.20 Å². The van der Waals surface area contributed by atoms with Crippen LogP contribution in [0.1, 0.15) is 45.7 Å². The highest BCUT2D eigenvalue weighted by molar-refractivity contribution is 5.67. The summed E-state index contributed by atoms with van der Waals surface area (Å²) < 4.78 is 7.05. The lowest BCUT2D eigenvalue weighted by Gasteiger charge is -2.23. The molecule has 1 fully saturated rings. The van der Waals surface area contributed by atoms with Crippen LogP contribution in [0, 0.1) is 5.92 Å². The molecule has 2 unspecified atom stereocenters. The van der Waals surface area contributed by atoms with Gasteiger partial charge in [-0.1, -0.05) is 11.6 Å². The molecule has 1 saturated carbocycles. The molecule has 0 aromatic carbocycles. The molecular formula is C15H27N5O2. The van der Waals surface area contributed by atoms with E-state index in [1.807, 2.05) is 27.8 Å². The van der Waals surface area contributed by atoms with Gasteiger partial charge < -0.3 is 15.4 Å². The van der Waals surface area contributed by atoms with Crippen molar-refractivity contribution in [2.24, 2.45) is 13.0 Å². The molecule has 1 amide bonds. The van der Waals surface area contributed by atoms with Gasteiger partial charge in [-0.3, -0.25) is 4.68 Å². The molecule has 1 aliphatic rings. The van der Waals surface area contributed by atoms with Crippen molar-refractivity contribution in [1.82, 2.24) is 25.6 Å². The maximum atomic E-state index is 11.7. The van der Waals surface area contributed by atoms with E-state index >= 15 is 0 Å². The molecular weight excluding hydrogens is 282 g/mol. The fourth-order valence-corrected chi connectivity index (χ4v) is 2.79. The highest BCUT2D eigenvalue weighted by atomic mass is 16.6. The molecule has 1 aliphatic carbocycles. The van der Waals surface area contributed by atoms with Crippen molar-refractivity contribution in [3.63, 3.8) is 0 Å². The first kappa shape index (κ1) is 16.7. The highest BCUT2D eigenvalue weighted by Crippen LogP contribution is 2.25. The molecule has 1 aromatic rings. The first-order chi connectivity index (χ1) is 10.3. The second-order valence-electron chi connectivity index (χ2n) is 6.91. The topological polar surface area (TPSA) is 81.1 Å².